The second-order valence-corrected chi connectivity index (χ2v) is 6.19. The van der Waals surface area contributed by atoms with Gasteiger partial charge in [-0.25, -0.2) is 0 Å². The molecule has 2 aliphatic rings. The monoisotopic (exact) mass is 323 g/mol. The molecule has 5 heteroatoms. The maximum absolute atomic E-state index is 12.7. The van der Waals surface area contributed by atoms with Crippen molar-refractivity contribution in [2.24, 2.45) is 0 Å². The summed E-state index contributed by atoms with van der Waals surface area (Å²) in [5.41, 5.74) is 4.15. The van der Waals surface area contributed by atoms with Crippen molar-refractivity contribution < 1.29 is 9.53 Å². The van der Waals surface area contributed by atoms with Crippen LogP contribution in [0.2, 0.25) is 0 Å². The van der Waals surface area contributed by atoms with E-state index < -0.39 is 0 Å². The van der Waals surface area contributed by atoms with Crippen molar-refractivity contribution in [2.75, 3.05) is 37.7 Å². The predicted molar refractivity (Wildman–Crippen MR) is 92.7 cm³/mol. The third kappa shape index (κ3) is 2.87. The Morgan fingerprint density at radius 2 is 1.92 bits per heavy atom. The quantitative estimate of drug-likeness (QED) is 0.852. The molecule has 2 aliphatic heterocycles. The van der Waals surface area contributed by atoms with Gasteiger partial charge in [0.05, 0.1) is 13.2 Å². The third-order valence-corrected chi connectivity index (χ3v) is 4.68. The Labute approximate surface area is 141 Å². The van der Waals surface area contributed by atoms with Crippen molar-refractivity contribution in [1.29, 1.82) is 0 Å². The number of nitrogens with zero attached hydrogens (tertiary/aromatic N) is 3. The minimum atomic E-state index is -0.00885. The molecule has 0 N–H and O–H groups in total. The Balaban J connectivity index is 1.62. The van der Waals surface area contributed by atoms with Gasteiger partial charge in [-0.1, -0.05) is 18.2 Å². The highest BCUT2D eigenvalue weighted by atomic mass is 16.5. The van der Waals surface area contributed by atoms with Gasteiger partial charge in [-0.05, 0) is 36.6 Å². The Bertz CT molecular complexity index is 741. The first kappa shape index (κ1) is 15.1. The molecule has 0 saturated carbocycles. The van der Waals surface area contributed by atoms with Crippen LogP contribution in [-0.2, 0) is 11.2 Å². The lowest BCUT2D eigenvalue weighted by Crippen LogP contribution is -2.41. The van der Waals surface area contributed by atoms with Crippen LogP contribution >= 0.6 is 0 Å². The average Bonchev–Trinajstić information content (AvgIpc) is 2.68. The van der Waals surface area contributed by atoms with Crippen LogP contribution < -0.4 is 4.90 Å². The molecular weight excluding hydrogens is 302 g/mol. The maximum Gasteiger partial charge on any atom is 0.272 e. The number of rotatable bonds is 2. The van der Waals surface area contributed by atoms with E-state index in [0.717, 1.165) is 25.1 Å². The van der Waals surface area contributed by atoms with Crippen LogP contribution in [0, 0.1) is 0 Å². The van der Waals surface area contributed by atoms with Gasteiger partial charge in [0, 0.05) is 37.2 Å². The summed E-state index contributed by atoms with van der Waals surface area (Å²) < 4.78 is 5.32. The number of aryl methyl sites for hydroxylation is 1. The van der Waals surface area contributed by atoms with Crippen molar-refractivity contribution in [3.63, 3.8) is 0 Å². The summed E-state index contributed by atoms with van der Waals surface area (Å²) in [6.45, 7) is 3.44. The molecule has 2 aromatic rings. The number of aromatic nitrogens is 1. The molecule has 1 saturated heterocycles. The van der Waals surface area contributed by atoms with E-state index in [1.54, 1.807) is 6.20 Å². The number of benzene rings is 1. The summed E-state index contributed by atoms with van der Waals surface area (Å²) in [7, 11) is 0. The number of fused-ring (bicyclic) bond motifs is 1. The molecule has 0 radical (unpaired) electrons. The summed E-state index contributed by atoms with van der Waals surface area (Å²) >= 11 is 0. The first-order chi connectivity index (χ1) is 11.8. The number of ether oxygens (including phenoxy) is 1. The highest BCUT2D eigenvalue weighted by Crippen LogP contribution is 2.33. The van der Waals surface area contributed by atoms with Gasteiger partial charge in [0.25, 0.3) is 5.91 Å². The molecule has 0 atom stereocenters. The molecule has 1 amide bonds. The fraction of sp³-hybridized carbons (Fsp3) is 0.368. The van der Waals surface area contributed by atoms with E-state index in [1.165, 1.54) is 11.3 Å². The van der Waals surface area contributed by atoms with Crippen LogP contribution in [0.25, 0.3) is 0 Å². The molecule has 4 rings (SSSR count). The molecule has 1 aromatic carbocycles. The van der Waals surface area contributed by atoms with E-state index in [1.807, 2.05) is 17.0 Å². The molecule has 1 fully saturated rings. The van der Waals surface area contributed by atoms with Crippen LogP contribution in [-0.4, -0.2) is 48.6 Å². The van der Waals surface area contributed by atoms with Crippen molar-refractivity contribution >= 4 is 17.3 Å². The highest BCUT2D eigenvalue weighted by molar-refractivity contribution is 5.93. The number of hydrogen-bond donors (Lipinski definition) is 0. The number of morpholine rings is 1. The van der Waals surface area contributed by atoms with Gasteiger partial charge >= 0.3 is 0 Å². The predicted octanol–water partition coefficient (Wildman–Crippen LogP) is 2.64. The molecule has 3 heterocycles. The van der Waals surface area contributed by atoms with Gasteiger partial charge in [0.15, 0.2) is 0 Å². The minimum absolute atomic E-state index is 0.00885. The second kappa shape index (κ2) is 6.61. The number of amides is 1. The first-order valence-corrected chi connectivity index (χ1v) is 8.51. The second-order valence-electron chi connectivity index (χ2n) is 6.19. The average molecular weight is 323 g/mol. The molecule has 124 valence electrons. The molecule has 5 nitrogen and oxygen atoms in total. The SMILES string of the molecule is O=C(c1cc(N2CCCc3ccccc32)ccn1)N1CCOCC1. The van der Waals surface area contributed by atoms with E-state index in [-0.39, 0.29) is 5.91 Å². The smallest absolute Gasteiger partial charge is 0.272 e. The van der Waals surface area contributed by atoms with Crippen molar-refractivity contribution in [3.05, 3.63) is 53.9 Å². The molecule has 0 spiro atoms. The molecule has 0 unspecified atom stereocenters. The fourth-order valence-corrected chi connectivity index (χ4v) is 3.43. The van der Waals surface area contributed by atoms with E-state index >= 15 is 0 Å². The van der Waals surface area contributed by atoms with Crippen LogP contribution in [0.15, 0.2) is 42.6 Å². The van der Waals surface area contributed by atoms with Gasteiger partial charge in [-0.2, -0.15) is 0 Å². The molecule has 1 aromatic heterocycles. The Kier molecular flexibility index (Phi) is 4.17. The number of carbonyl (C=O) groups excluding carboxylic acids is 1. The van der Waals surface area contributed by atoms with Crippen molar-refractivity contribution in [1.82, 2.24) is 9.88 Å². The summed E-state index contributed by atoms with van der Waals surface area (Å²) in [6.07, 6.45) is 3.96. The Morgan fingerprint density at radius 3 is 2.79 bits per heavy atom. The zero-order valence-electron chi connectivity index (χ0n) is 13.6. The third-order valence-electron chi connectivity index (χ3n) is 4.68. The van der Waals surface area contributed by atoms with Crippen molar-refractivity contribution in [2.45, 2.75) is 12.8 Å². The van der Waals surface area contributed by atoms with E-state index in [0.29, 0.717) is 32.0 Å². The number of para-hydroxylation sites is 1. The zero-order valence-corrected chi connectivity index (χ0v) is 13.6. The number of pyridine rings is 1. The highest BCUT2D eigenvalue weighted by Gasteiger charge is 2.22. The topological polar surface area (TPSA) is 45.7 Å². The van der Waals surface area contributed by atoms with Crippen LogP contribution in [0.3, 0.4) is 0 Å². The summed E-state index contributed by atoms with van der Waals surface area (Å²) in [5, 5.41) is 0. The normalized spacial score (nSPS) is 17.5. The maximum atomic E-state index is 12.7. The summed E-state index contributed by atoms with van der Waals surface area (Å²) in [4.78, 5) is 21.1. The van der Waals surface area contributed by atoms with Gasteiger partial charge in [-0.15, -0.1) is 0 Å². The molecule has 24 heavy (non-hydrogen) atoms. The van der Waals surface area contributed by atoms with E-state index in [2.05, 4.69) is 34.1 Å². The molecular formula is C19H21N3O2. The number of hydrogen-bond acceptors (Lipinski definition) is 4. The summed E-state index contributed by atoms with van der Waals surface area (Å²) in [5.74, 6) is -0.00885. The zero-order chi connectivity index (χ0) is 16.4. The largest absolute Gasteiger partial charge is 0.378 e. The standard InChI is InChI=1S/C19H21N3O2/c23-19(21-10-12-24-13-11-21)17-14-16(7-8-20-17)22-9-3-5-15-4-1-2-6-18(15)22/h1-2,4,6-8,14H,3,5,9-13H2. The number of anilines is 2. The molecule has 0 bridgehead atoms. The minimum Gasteiger partial charge on any atom is -0.378 e. The lowest BCUT2D eigenvalue weighted by molar-refractivity contribution is 0.0299. The Morgan fingerprint density at radius 1 is 1.08 bits per heavy atom. The lowest BCUT2D eigenvalue weighted by Gasteiger charge is -2.32. The van der Waals surface area contributed by atoms with Crippen LogP contribution in [0.4, 0.5) is 11.4 Å². The van der Waals surface area contributed by atoms with Gasteiger partial charge < -0.3 is 14.5 Å². The van der Waals surface area contributed by atoms with Crippen molar-refractivity contribution in [3.8, 4) is 0 Å². The first-order valence-electron chi connectivity index (χ1n) is 8.51. The van der Waals surface area contributed by atoms with Gasteiger partial charge in [0.1, 0.15) is 5.69 Å². The van der Waals surface area contributed by atoms with E-state index in [9.17, 15) is 4.79 Å². The van der Waals surface area contributed by atoms with Crippen LogP contribution in [0.5, 0.6) is 0 Å². The fourth-order valence-electron chi connectivity index (χ4n) is 3.43. The number of carbonyl (C=O) groups is 1. The summed E-state index contributed by atoms with van der Waals surface area (Å²) in [6, 6.07) is 12.4. The molecule has 0 aliphatic carbocycles. The van der Waals surface area contributed by atoms with Crippen LogP contribution in [0.1, 0.15) is 22.5 Å². The Hall–Kier alpha value is -2.40. The van der Waals surface area contributed by atoms with E-state index in [4.69, 9.17) is 4.74 Å². The van der Waals surface area contributed by atoms with Gasteiger partial charge in [0.2, 0.25) is 0 Å². The van der Waals surface area contributed by atoms with Gasteiger partial charge in [-0.3, -0.25) is 9.78 Å². The lowest BCUT2D eigenvalue weighted by atomic mass is 10.0.